The maximum Gasteiger partial charge on any atom is 0.387 e. The molecular formula is C22H27F2N3O5. The van der Waals surface area contributed by atoms with Crippen molar-refractivity contribution in [3.8, 4) is 11.5 Å². The average molecular weight is 451 g/mol. The second-order valence-electron chi connectivity index (χ2n) is 8.58. The van der Waals surface area contributed by atoms with Gasteiger partial charge in [-0.15, -0.1) is 0 Å². The molecule has 1 saturated heterocycles. The van der Waals surface area contributed by atoms with Gasteiger partial charge in [-0.1, -0.05) is 25.3 Å². The third-order valence-corrected chi connectivity index (χ3v) is 6.35. The van der Waals surface area contributed by atoms with Crippen LogP contribution in [0.25, 0.3) is 0 Å². The number of imide groups is 1. The molecule has 1 aliphatic heterocycles. The first-order valence-electron chi connectivity index (χ1n) is 10.9. The van der Waals surface area contributed by atoms with E-state index in [1.54, 1.807) is 17.0 Å². The van der Waals surface area contributed by atoms with E-state index in [1.807, 2.05) is 0 Å². The van der Waals surface area contributed by atoms with Crippen LogP contribution in [0.4, 0.5) is 13.6 Å². The lowest BCUT2D eigenvalue weighted by atomic mass is 9.82. The molecule has 8 nitrogen and oxygen atoms in total. The topological polar surface area (TPSA) is 88.2 Å². The van der Waals surface area contributed by atoms with E-state index in [0.29, 0.717) is 18.4 Å². The van der Waals surface area contributed by atoms with Crippen LogP contribution in [0.2, 0.25) is 0 Å². The van der Waals surface area contributed by atoms with Gasteiger partial charge in [0.05, 0.1) is 7.11 Å². The van der Waals surface area contributed by atoms with Crippen molar-refractivity contribution in [2.24, 2.45) is 0 Å². The monoisotopic (exact) mass is 451 g/mol. The molecule has 2 saturated carbocycles. The molecule has 0 aromatic heterocycles. The average Bonchev–Trinajstić information content (AvgIpc) is 3.58. The van der Waals surface area contributed by atoms with E-state index in [2.05, 4.69) is 10.1 Å². The molecule has 1 heterocycles. The summed E-state index contributed by atoms with van der Waals surface area (Å²) in [6.07, 6.45) is 5.63. The first-order valence-corrected chi connectivity index (χ1v) is 10.9. The van der Waals surface area contributed by atoms with Gasteiger partial charge in [0, 0.05) is 12.6 Å². The Hall–Kier alpha value is -2.91. The molecule has 0 bridgehead atoms. The van der Waals surface area contributed by atoms with Crippen molar-refractivity contribution >= 4 is 17.8 Å². The van der Waals surface area contributed by atoms with E-state index in [4.69, 9.17) is 4.74 Å². The van der Waals surface area contributed by atoms with Crippen LogP contribution in [0.15, 0.2) is 18.2 Å². The Labute approximate surface area is 184 Å². The summed E-state index contributed by atoms with van der Waals surface area (Å²) in [5.41, 5.74) is -0.196. The SMILES string of the molecule is COc1cc(CN(C(=O)CN2C(=O)NC3(CCCCC3)C2=O)C2CC2)ccc1OC(F)F. The van der Waals surface area contributed by atoms with E-state index >= 15 is 0 Å². The van der Waals surface area contributed by atoms with Crippen molar-refractivity contribution in [1.82, 2.24) is 15.1 Å². The van der Waals surface area contributed by atoms with Gasteiger partial charge in [-0.3, -0.25) is 14.5 Å². The van der Waals surface area contributed by atoms with Crippen molar-refractivity contribution in [2.75, 3.05) is 13.7 Å². The molecule has 0 radical (unpaired) electrons. The number of urea groups is 1. The van der Waals surface area contributed by atoms with Gasteiger partial charge in [0.2, 0.25) is 5.91 Å². The van der Waals surface area contributed by atoms with Gasteiger partial charge >= 0.3 is 12.6 Å². The molecule has 1 N–H and O–H groups in total. The lowest BCUT2D eigenvalue weighted by molar-refractivity contribution is -0.140. The van der Waals surface area contributed by atoms with Crippen molar-refractivity contribution < 1.29 is 32.6 Å². The largest absolute Gasteiger partial charge is 0.493 e. The van der Waals surface area contributed by atoms with Crippen LogP contribution < -0.4 is 14.8 Å². The molecule has 3 fully saturated rings. The molecule has 32 heavy (non-hydrogen) atoms. The number of ether oxygens (including phenoxy) is 2. The predicted octanol–water partition coefficient (Wildman–Crippen LogP) is 3.04. The number of nitrogens with zero attached hydrogens (tertiary/aromatic N) is 2. The highest BCUT2D eigenvalue weighted by Gasteiger charge is 2.52. The summed E-state index contributed by atoms with van der Waals surface area (Å²) in [6, 6.07) is 4.02. The lowest BCUT2D eigenvalue weighted by Crippen LogP contribution is -2.49. The predicted molar refractivity (Wildman–Crippen MR) is 109 cm³/mol. The van der Waals surface area contributed by atoms with Crippen molar-refractivity contribution in [3.63, 3.8) is 0 Å². The van der Waals surface area contributed by atoms with Gasteiger partial charge in [-0.25, -0.2) is 4.79 Å². The highest BCUT2D eigenvalue weighted by molar-refractivity contribution is 6.09. The molecule has 174 valence electrons. The second-order valence-corrected chi connectivity index (χ2v) is 8.58. The van der Waals surface area contributed by atoms with Crippen molar-refractivity contribution in [1.29, 1.82) is 0 Å². The van der Waals surface area contributed by atoms with Crippen LogP contribution >= 0.6 is 0 Å². The molecule has 1 spiro atoms. The quantitative estimate of drug-likeness (QED) is 0.614. The van der Waals surface area contributed by atoms with Crippen LogP contribution in [0.1, 0.15) is 50.5 Å². The van der Waals surface area contributed by atoms with Crippen LogP contribution in [0, 0.1) is 0 Å². The third-order valence-electron chi connectivity index (χ3n) is 6.35. The van der Waals surface area contributed by atoms with Gasteiger partial charge < -0.3 is 19.7 Å². The Kier molecular flexibility index (Phi) is 6.21. The number of hydrogen-bond acceptors (Lipinski definition) is 5. The van der Waals surface area contributed by atoms with Crippen LogP contribution in [0.3, 0.4) is 0 Å². The highest BCUT2D eigenvalue weighted by Crippen LogP contribution is 2.35. The number of amides is 4. The maximum atomic E-state index is 13.1. The number of nitrogens with one attached hydrogen (secondary N) is 1. The number of alkyl halides is 2. The Morgan fingerprint density at radius 1 is 1.22 bits per heavy atom. The zero-order valence-electron chi connectivity index (χ0n) is 17.9. The zero-order chi connectivity index (χ0) is 22.9. The van der Waals surface area contributed by atoms with E-state index in [0.717, 1.165) is 37.0 Å². The minimum absolute atomic E-state index is 0.0230. The highest BCUT2D eigenvalue weighted by atomic mass is 19.3. The Balaban J connectivity index is 1.46. The van der Waals surface area contributed by atoms with E-state index < -0.39 is 18.2 Å². The van der Waals surface area contributed by atoms with E-state index in [1.165, 1.54) is 13.2 Å². The number of carbonyl (C=O) groups excluding carboxylic acids is 3. The first kappa shape index (κ1) is 22.3. The number of rotatable bonds is 8. The summed E-state index contributed by atoms with van der Waals surface area (Å²) in [7, 11) is 1.35. The number of carbonyl (C=O) groups is 3. The molecular weight excluding hydrogens is 424 g/mol. The number of halogens is 2. The zero-order valence-corrected chi connectivity index (χ0v) is 17.9. The molecule has 1 aromatic carbocycles. The normalized spacial score (nSPS) is 19.9. The van der Waals surface area contributed by atoms with E-state index in [9.17, 15) is 23.2 Å². The first-order chi connectivity index (χ1) is 15.3. The molecule has 2 aliphatic carbocycles. The van der Waals surface area contributed by atoms with Gasteiger partial charge in [0.15, 0.2) is 11.5 Å². The summed E-state index contributed by atoms with van der Waals surface area (Å²) in [5, 5.41) is 2.82. The minimum Gasteiger partial charge on any atom is -0.493 e. The Morgan fingerprint density at radius 3 is 2.56 bits per heavy atom. The van der Waals surface area contributed by atoms with Gasteiger partial charge in [-0.2, -0.15) is 8.78 Å². The molecule has 3 aliphatic rings. The Bertz CT molecular complexity index is 900. The summed E-state index contributed by atoms with van der Waals surface area (Å²) in [4.78, 5) is 41.3. The fraction of sp³-hybridized carbons (Fsp3) is 0.591. The lowest BCUT2D eigenvalue weighted by Gasteiger charge is -2.30. The van der Waals surface area contributed by atoms with Crippen LogP contribution in [-0.2, 0) is 16.1 Å². The van der Waals surface area contributed by atoms with Crippen LogP contribution in [0.5, 0.6) is 11.5 Å². The number of methoxy groups -OCH3 is 1. The van der Waals surface area contributed by atoms with Gasteiger partial charge in [-0.05, 0) is 43.4 Å². The second kappa shape index (κ2) is 8.91. The number of hydrogen-bond donors (Lipinski definition) is 1. The molecule has 1 aromatic rings. The minimum atomic E-state index is -2.98. The summed E-state index contributed by atoms with van der Waals surface area (Å²) in [5.74, 6) is -0.593. The summed E-state index contributed by atoms with van der Waals surface area (Å²) >= 11 is 0. The fourth-order valence-electron chi connectivity index (χ4n) is 4.55. The molecule has 4 rings (SSSR count). The standard InChI is InChI=1S/C22H27F2N3O5/c1-31-17-11-14(5-8-16(17)32-20(23)24)12-26(15-6-7-15)18(28)13-27-19(29)22(25-21(27)30)9-3-2-4-10-22/h5,8,11,15,20H,2-4,6-7,9-10,12-13H2,1H3,(H,25,30). The molecule has 0 atom stereocenters. The van der Waals surface area contributed by atoms with Crippen molar-refractivity contribution in [2.45, 2.75) is 69.7 Å². The molecule has 0 unspecified atom stereocenters. The van der Waals surface area contributed by atoms with Gasteiger partial charge in [0.25, 0.3) is 5.91 Å². The summed E-state index contributed by atoms with van der Waals surface area (Å²) < 4.78 is 34.7. The molecule has 4 amide bonds. The third kappa shape index (κ3) is 4.49. The molecule has 10 heteroatoms. The van der Waals surface area contributed by atoms with Gasteiger partial charge in [0.1, 0.15) is 12.1 Å². The smallest absolute Gasteiger partial charge is 0.387 e. The van der Waals surface area contributed by atoms with E-state index in [-0.39, 0.29) is 42.4 Å². The fourth-order valence-corrected chi connectivity index (χ4v) is 4.55. The van der Waals surface area contributed by atoms with Crippen LogP contribution in [-0.4, -0.2) is 59.5 Å². The number of benzene rings is 1. The van der Waals surface area contributed by atoms with Crippen molar-refractivity contribution in [3.05, 3.63) is 23.8 Å². The summed E-state index contributed by atoms with van der Waals surface area (Å²) in [6.45, 7) is -3.08. The Morgan fingerprint density at radius 2 is 1.94 bits per heavy atom. The maximum absolute atomic E-state index is 13.1.